The standard InChI is InChI=1S/C19H19N3O4S/c23-27(24,17-6-7-18-19(12-17)26-11-10-25-18)21-9-8-15-13-20-22(14-15)16-4-2-1-3-5-16/h1-7,12-14,21H,8-11H2. The molecule has 3 aromatic rings. The predicted molar refractivity (Wildman–Crippen MR) is 99.9 cm³/mol. The van der Waals surface area contributed by atoms with Crippen LogP contribution in [0.25, 0.3) is 5.69 Å². The van der Waals surface area contributed by atoms with Crippen molar-refractivity contribution in [3.63, 3.8) is 0 Å². The summed E-state index contributed by atoms with van der Waals surface area (Å²) in [6.07, 6.45) is 4.18. The molecule has 2 heterocycles. The Balaban J connectivity index is 1.39. The third kappa shape index (κ3) is 3.96. The number of ether oxygens (including phenoxy) is 2. The number of nitrogens with one attached hydrogen (secondary N) is 1. The van der Waals surface area contributed by atoms with Crippen LogP contribution in [0.15, 0.2) is 65.8 Å². The van der Waals surface area contributed by atoms with Crippen LogP contribution in [0.1, 0.15) is 5.56 Å². The monoisotopic (exact) mass is 385 g/mol. The Kier molecular flexibility index (Phi) is 4.83. The van der Waals surface area contributed by atoms with Gasteiger partial charge in [-0.2, -0.15) is 5.10 Å². The minimum absolute atomic E-state index is 0.159. The van der Waals surface area contributed by atoms with Crippen molar-refractivity contribution < 1.29 is 17.9 Å². The van der Waals surface area contributed by atoms with Crippen LogP contribution in [-0.4, -0.2) is 38.0 Å². The third-order valence-electron chi connectivity index (χ3n) is 4.19. The van der Waals surface area contributed by atoms with Crippen LogP contribution in [0.5, 0.6) is 11.5 Å². The van der Waals surface area contributed by atoms with Crippen molar-refractivity contribution in [3.05, 3.63) is 66.5 Å². The van der Waals surface area contributed by atoms with Crippen LogP contribution in [0, 0.1) is 0 Å². The van der Waals surface area contributed by atoms with Crippen molar-refractivity contribution in [2.24, 2.45) is 0 Å². The first-order valence-electron chi connectivity index (χ1n) is 8.60. The van der Waals surface area contributed by atoms with Gasteiger partial charge in [-0.05, 0) is 36.2 Å². The van der Waals surface area contributed by atoms with Gasteiger partial charge in [0.15, 0.2) is 11.5 Å². The van der Waals surface area contributed by atoms with Crippen LogP contribution in [0.2, 0.25) is 0 Å². The second-order valence-corrected chi connectivity index (χ2v) is 7.85. The number of aromatic nitrogens is 2. The maximum atomic E-state index is 12.5. The Morgan fingerprint density at radius 1 is 1.04 bits per heavy atom. The molecule has 0 saturated carbocycles. The van der Waals surface area contributed by atoms with Gasteiger partial charge in [0.2, 0.25) is 10.0 Å². The summed E-state index contributed by atoms with van der Waals surface area (Å²) in [5.41, 5.74) is 1.91. The van der Waals surface area contributed by atoms with E-state index in [1.165, 1.54) is 12.1 Å². The quantitative estimate of drug-likeness (QED) is 0.703. The molecular formula is C19H19N3O4S. The fourth-order valence-electron chi connectivity index (χ4n) is 2.82. The summed E-state index contributed by atoms with van der Waals surface area (Å²) in [6.45, 7) is 1.15. The smallest absolute Gasteiger partial charge is 0.240 e. The molecule has 1 aliphatic heterocycles. The molecule has 1 aliphatic rings. The summed E-state index contributed by atoms with van der Waals surface area (Å²) in [4.78, 5) is 0.159. The molecule has 0 unspecified atom stereocenters. The zero-order chi connectivity index (χ0) is 18.7. The van der Waals surface area contributed by atoms with Gasteiger partial charge in [-0.1, -0.05) is 18.2 Å². The molecule has 27 heavy (non-hydrogen) atoms. The maximum Gasteiger partial charge on any atom is 0.240 e. The normalized spacial score (nSPS) is 13.5. The zero-order valence-corrected chi connectivity index (χ0v) is 15.4. The number of hydrogen-bond acceptors (Lipinski definition) is 5. The topological polar surface area (TPSA) is 82.5 Å². The number of benzene rings is 2. The maximum absolute atomic E-state index is 12.5. The third-order valence-corrected chi connectivity index (χ3v) is 5.65. The molecule has 7 nitrogen and oxygen atoms in total. The van der Waals surface area contributed by atoms with Crippen molar-refractivity contribution in [2.75, 3.05) is 19.8 Å². The second kappa shape index (κ2) is 7.42. The van der Waals surface area contributed by atoms with Gasteiger partial charge in [-0.25, -0.2) is 17.8 Å². The molecular weight excluding hydrogens is 366 g/mol. The van der Waals surface area contributed by atoms with E-state index in [-0.39, 0.29) is 11.4 Å². The largest absolute Gasteiger partial charge is 0.486 e. The van der Waals surface area contributed by atoms with Crippen molar-refractivity contribution in [1.82, 2.24) is 14.5 Å². The Morgan fingerprint density at radius 3 is 2.63 bits per heavy atom. The number of para-hydroxylation sites is 1. The number of nitrogens with zero attached hydrogens (tertiary/aromatic N) is 2. The first kappa shape index (κ1) is 17.6. The average Bonchev–Trinajstić information content (AvgIpc) is 3.17. The summed E-state index contributed by atoms with van der Waals surface area (Å²) in [6, 6.07) is 14.4. The van der Waals surface area contributed by atoms with Crippen molar-refractivity contribution in [3.8, 4) is 17.2 Å². The summed E-state index contributed by atoms with van der Waals surface area (Å²) in [5.74, 6) is 1.02. The minimum Gasteiger partial charge on any atom is -0.486 e. The van der Waals surface area contributed by atoms with Gasteiger partial charge in [0.25, 0.3) is 0 Å². The van der Waals surface area contributed by atoms with Crippen molar-refractivity contribution in [2.45, 2.75) is 11.3 Å². The number of hydrogen-bond donors (Lipinski definition) is 1. The van der Waals surface area contributed by atoms with Gasteiger partial charge >= 0.3 is 0 Å². The molecule has 0 aliphatic carbocycles. The van der Waals surface area contributed by atoms with Crippen LogP contribution >= 0.6 is 0 Å². The second-order valence-electron chi connectivity index (χ2n) is 6.08. The minimum atomic E-state index is -3.62. The van der Waals surface area contributed by atoms with Crippen LogP contribution in [-0.2, 0) is 16.4 Å². The lowest BCUT2D eigenvalue weighted by Gasteiger charge is -2.18. The molecule has 4 rings (SSSR count). The van der Waals surface area contributed by atoms with Crippen molar-refractivity contribution in [1.29, 1.82) is 0 Å². The molecule has 0 atom stereocenters. The SMILES string of the molecule is O=S(=O)(NCCc1cnn(-c2ccccc2)c1)c1ccc2c(c1)OCCO2. The molecule has 0 spiro atoms. The number of sulfonamides is 1. The highest BCUT2D eigenvalue weighted by Crippen LogP contribution is 2.32. The van der Waals surface area contributed by atoms with Gasteiger partial charge in [0.1, 0.15) is 13.2 Å². The lowest BCUT2D eigenvalue weighted by atomic mass is 10.2. The lowest BCUT2D eigenvalue weighted by Crippen LogP contribution is -2.26. The molecule has 0 bridgehead atoms. The van der Waals surface area contributed by atoms with Crippen LogP contribution < -0.4 is 14.2 Å². The number of rotatable bonds is 6. The van der Waals surface area contributed by atoms with E-state index in [2.05, 4.69) is 9.82 Å². The summed E-state index contributed by atoms with van der Waals surface area (Å²) >= 11 is 0. The molecule has 0 saturated heterocycles. The fourth-order valence-corrected chi connectivity index (χ4v) is 3.86. The van der Waals surface area contributed by atoms with Gasteiger partial charge in [0, 0.05) is 18.8 Å². The predicted octanol–water partition coefficient (Wildman–Crippen LogP) is 2.16. The van der Waals surface area contributed by atoms with E-state index in [0.29, 0.717) is 31.1 Å². The van der Waals surface area contributed by atoms with E-state index in [1.807, 2.05) is 36.5 Å². The van der Waals surface area contributed by atoms with E-state index in [4.69, 9.17) is 9.47 Å². The zero-order valence-electron chi connectivity index (χ0n) is 14.5. The van der Waals surface area contributed by atoms with Crippen LogP contribution in [0.4, 0.5) is 0 Å². The first-order chi connectivity index (χ1) is 13.1. The van der Waals surface area contributed by atoms with E-state index in [1.54, 1.807) is 16.9 Å². The molecule has 0 fully saturated rings. The summed E-state index contributed by atoms with van der Waals surface area (Å²) in [7, 11) is -3.62. The van der Waals surface area contributed by atoms with Gasteiger partial charge in [0.05, 0.1) is 16.8 Å². The first-order valence-corrected chi connectivity index (χ1v) is 10.1. The lowest BCUT2D eigenvalue weighted by molar-refractivity contribution is 0.171. The summed E-state index contributed by atoms with van der Waals surface area (Å²) in [5, 5.41) is 4.32. The Labute approximate surface area is 157 Å². The highest BCUT2D eigenvalue weighted by Gasteiger charge is 2.19. The van der Waals surface area contributed by atoms with E-state index < -0.39 is 10.0 Å². The Morgan fingerprint density at radius 2 is 1.81 bits per heavy atom. The highest BCUT2D eigenvalue weighted by molar-refractivity contribution is 7.89. The average molecular weight is 385 g/mol. The molecule has 0 amide bonds. The molecule has 0 radical (unpaired) electrons. The van der Waals surface area contributed by atoms with Crippen LogP contribution in [0.3, 0.4) is 0 Å². The Bertz CT molecular complexity index is 1030. The molecule has 1 N–H and O–H groups in total. The van der Waals surface area contributed by atoms with Gasteiger partial charge in [-0.15, -0.1) is 0 Å². The van der Waals surface area contributed by atoms with Gasteiger partial charge < -0.3 is 9.47 Å². The van der Waals surface area contributed by atoms with E-state index >= 15 is 0 Å². The van der Waals surface area contributed by atoms with Crippen molar-refractivity contribution >= 4 is 10.0 Å². The molecule has 2 aromatic carbocycles. The number of fused-ring (bicyclic) bond motifs is 1. The molecule has 140 valence electrons. The fraction of sp³-hybridized carbons (Fsp3) is 0.211. The molecule has 1 aromatic heterocycles. The van der Waals surface area contributed by atoms with Gasteiger partial charge in [-0.3, -0.25) is 0 Å². The highest BCUT2D eigenvalue weighted by atomic mass is 32.2. The van der Waals surface area contributed by atoms with E-state index in [9.17, 15) is 8.42 Å². The summed E-state index contributed by atoms with van der Waals surface area (Å²) < 4.78 is 40.3. The Hall–Kier alpha value is -2.84. The molecule has 8 heteroatoms. The van der Waals surface area contributed by atoms with E-state index in [0.717, 1.165) is 11.3 Å².